The third-order valence-electron chi connectivity index (χ3n) is 2.78. The summed E-state index contributed by atoms with van der Waals surface area (Å²) >= 11 is 5.52. The van der Waals surface area contributed by atoms with Gasteiger partial charge in [-0.05, 0) is 18.0 Å². The van der Waals surface area contributed by atoms with E-state index in [1.54, 1.807) is 17.9 Å². The molecule has 0 amide bonds. The van der Waals surface area contributed by atoms with E-state index < -0.39 is 17.2 Å². The highest BCUT2D eigenvalue weighted by atomic mass is 35.5. The molecule has 2 aromatic rings. The molecule has 0 aliphatic carbocycles. The quantitative estimate of drug-likeness (QED) is 0.880. The summed E-state index contributed by atoms with van der Waals surface area (Å²) < 4.78 is 39.6. The molecule has 0 aliphatic heterocycles. The highest BCUT2D eigenvalue weighted by Crippen LogP contribution is 2.29. The van der Waals surface area contributed by atoms with Crippen molar-refractivity contribution in [3.8, 4) is 0 Å². The maximum absolute atomic E-state index is 12.6. The van der Waals surface area contributed by atoms with Crippen LogP contribution in [0.25, 0.3) is 0 Å². The molecule has 0 aliphatic rings. The summed E-state index contributed by atoms with van der Waals surface area (Å²) in [7, 11) is 1.78. The number of nitrogens with zero attached hydrogens (tertiary/aromatic N) is 4. The monoisotopic (exact) mass is 319 g/mol. The number of rotatable bonds is 4. The predicted octanol–water partition coefficient (Wildman–Crippen LogP) is 3.06. The van der Waals surface area contributed by atoms with Crippen LogP contribution >= 0.6 is 11.6 Å². The van der Waals surface area contributed by atoms with Gasteiger partial charge in [0, 0.05) is 31.4 Å². The summed E-state index contributed by atoms with van der Waals surface area (Å²) in [5.74, 6) is 0.0215. The number of aromatic nitrogens is 4. The molecule has 1 N–H and O–H groups in total. The van der Waals surface area contributed by atoms with Crippen LogP contribution in [0.2, 0.25) is 5.28 Å². The Labute approximate surface area is 124 Å². The minimum absolute atomic E-state index is 0.0215. The van der Waals surface area contributed by atoms with Gasteiger partial charge in [0.05, 0.1) is 5.69 Å². The van der Waals surface area contributed by atoms with E-state index >= 15 is 0 Å². The van der Waals surface area contributed by atoms with E-state index in [0.29, 0.717) is 6.54 Å². The molecule has 5 nitrogen and oxygen atoms in total. The van der Waals surface area contributed by atoms with E-state index in [9.17, 15) is 13.2 Å². The summed E-state index contributed by atoms with van der Waals surface area (Å²) in [5, 5.41) is 6.62. The Morgan fingerprint density at radius 2 is 2.05 bits per heavy atom. The van der Waals surface area contributed by atoms with Gasteiger partial charge in [-0.3, -0.25) is 4.68 Å². The van der Waals surface area contributed by atoms with Crippen LogP contribution in [-0.4, -0.2) is 19.7 Å². The molecular weight excluding hydrogens is 307 g/mol. The number of hydrogen-bond acceptors (Lipinski definition) is 4. The van der Waals surface area contributed by atoms with Crippen LogP contribution in [0.3, 0.4) is 0 Å². The van der Waals surface area contributed by atoms with Gasteiger partial charge < -0.3 is 5.32 Å². The van der Waals surface area contributed by atoms with Crippen molar-refractivity contribution >= 4 is 17.4 Å². The van der Waals surface area contributed by atoms with Crippen molar-refractivity contribution in [3.05, 3.63) is 34.5 Å². The average Bonchev–Trinajstić information content (AvgIpc) is 2.75. The van der Waals surface area contributed by atoms with E-state index in [1.807, 2.05) is 6.92 Å². The van der Waals surface area contributed by atoms with Gasteiger partial charge in [0.25, 0.3) is 0 Å². The Morgan fingerprint density at radius 1 is 1.33 bits per heavy atom. The molecule has 114 valence electrons. The number of aryl methyl sites for hydroxylation is 2. The van der Waals surface area contributed by atoms with Crippen molar-refractivity contribution in [3.63, 3.8) is 0 Å². The minimum atomic E-state index is -4.56. The molecule has 0 radical (unpaired) electrons. The van der Waals surface area contributed by atoms with Gasteiger partial charge in [-0.25, -0.2) is 9.97 Å². The highest BCUT2D eigenvalue weighted by Gasteiger charge is 2.33. The topological polar surface area (TPSA) is 55.6 Å². The van der Waals surface area contributed by atoms with Crippen LogP contribution in [0.15, 0.2) is 12.3 Å². The van der Waals surface area contributed by atoms with E-state index in [4.69, 9.17) is 11.6 Å². The second-order valence-corrected chi connectivity index (χ2v) is 4.73. The third-order valence-corrected chi connectivity index (χ3v) is 2.94. The van der Waals surface area contributed by atoms with Gasteiger partial charge >= 0.3 is 6.18 Å². The molecule has 0 bridgehead atoms. The van der Waals surface area contributed by atoms with Gasteiger partial charge in [-0.15, -0.1) is 0 Å². The Kier molecular flexibility index (Phi) is 4.36. The van der Waals surface area contributed by atoms with Crippen molar-refractivity contribution in [1.82, 2.24) is 19.7 Å². The summed E-state index contributed by atoms with van der Waals surface area (Å²) in [6.07, 6.45) is -2.03. The number of anilines is 1. The van der Waals surface area contributed by atoms with Crippen molar-refractivity contribution in [1.29, 1.82) is 0 Å². The first-order valence-corrected chi connectivity index (χ1v) is 6.54. The average molecular weight is 320 g/mol. The van der Waals surface area contributed by atoms with Gasteiger partial charge in [0.15, 0.2) is 5.69 Å². The molecule has 2 heterocycles. The first-order valence-electron chi connectivity index (χ1n) is 6.16. The summed E-state index contributed by atoms with van der Waals surface area (Å²) in [4.78, 5) is 6.91. The van der Waals surface area contributed by atoms with Crippen molar-refractivity contribution in [2.24, 2.45) is 7.05 Å². The lowest BCUT2D eigenvalue weighted by Gasteiger charge is -2.09. The van der Waals surface area contributed by atoms with E-state index in [1.165, 1.54) is 0 Å². The third kappa shape index (κ3) is 3.84. The minimum Gasteiger partial charge on any atom is -0.366 e. The number of alkyl halides is 3. The van der Waals surface area contributed by atoms with Crippen LogP contribution in [-0.2, 0) is 26.2 Å². The summed E-state index contributed by atoms with van der Waals surface area (Å²) in [6.45, 7) is 2.26. The number of hydrogen-bond donors (Lipinski definition) is 1. The van der Waals surface area contributed by atoms with Crippen LogP contribution in [0.1, 0.15) is 23.9 Å². The maximum Gasteiger partial charge on any atom is 0.433 e. The summed E-state index contributed by atoms with van der Waals surface area (Å²) in [6, 6.07) is 0.827. The van der Waals surface area contributed by atoms with Crippen LogP contribution in [0.5, 0.6) is 0 Å². The Bertz CT molecular complexity index is 638. The molecule has 0 saturated heterocycles. The normalized spacial score (nSPS) is 11.7. The van der Waals surface area contributed by atoms with E-state index in [0.717, 1.165) is 23.7 Å². The second-order valence-electron chi connectivity index (χ2n) is 4.39. The van der Waals surface area contributed by atoms with Crippen LogP contribution < -0.4 is 5.32 Å². The molecule has 9 heteroatoms. The molecule has 21 heavy (non-hydrogen) atoms. The lowest BCUT2D eigenvalue weighted by molar-refractivity contribution is -0.141. The molecule has 0 spiro atoms. The van der Waals surface area contributed by atoms with Crippen molar-refractivity contribution in [2.45, 2.75) is 26.1 Å². The van der Waals surface area contributed by atoms with E-state index in [-0.39, 0.29) is 5.82 Å². The largest absolute Gasteiger partial charge is 0.433 e. The Balaban J connectivity index is 2.18. The number of halogens is 4. The summed E-state index contributed by atoms with van der Waals surface area (Å²) in [5.41, 5.74) is 0.691. The fourth-order valence-corrected chi connectivity index (χ4v) is 2.05. The lowest BCUT2D eigenvalue weighted by atomic mass is 10.2. The zero-order chi connectivity index (χ0) is 15.6. The Hall–Kier alpha value is -1.83. The van der Waals surface area contributed by atoms with Gasteiger partial charge in [-0.2, -0.15) is 18.3 Å². The second kappa shape index (κ2) is 5.88. The molecule has 2 rings (SSSR count). The number of nitrogens with one attached hydrogen (secondary N) is 1. The maximum atomic E-state index is 12.6. The molecule has 0 fully saturated rings. The first kappa shape index (κ1) is 15.6. The van der Waals surface area contributed by atoms with Gasteiger partial charge in [0.1, 0.15) is 5.82 Å². The van der Waals surface area contributed by atoms with E-state index in [2.05, 4.69) is 20.4 Å². The molecule has 0 atom stereocenters. The first-order chi connectivity index (χ1) is 9.79. The molecular formula is C12H13ClF3N5. The fraction of sp³-hybridized carbons (Fsp3) is 0.417. The molecule has 0 saturated carbocycles. The van der Waals surface area contributed by atoms with Gasteiger partial charge in [-0.1, -0.05) is 6.92 Å². The molecule has 0 unspecified atom stereocenters. The smallest absolute Gasteiger partial charge is 0.366 e. The molecule has 2 aromatic heterocycles. The highest BCUT2D eigenvalue weighted by molar-refractivity contribution is 6.28. The SMILES string of the molecule is CCc1nn(C)cc1CNc1cc(C(F)(F)F)nc(Cl)n1. The predicted molar refractivity (Wildman–Crippen MR) is 72.0 cm³/mol. The molecule has 0 aromatic carbocycles. The van der Waals surface area contributed by atoms with Crippen LogP contribution in [0.4, 0.5) is 19.0 Å². The standard InChI is InChI=1S/C12H13ClF3N5/c1-3-8-7(6-21(2)20-8)5-17-10-4-9(12(14,15)16)18-11(13)19-10/h4,6H,3,5H2,1-2H3,(H,17,18,19). The van der Waals surface area contributed by atoms with Gasteiger partial charge in [0.2, 0.25) is 5.28 Å². The van der Waals surface area contributed by atoms with Crippen molar-refractivity contribution in [2.75, 3.05) is 5.32 Å². The van der Waals surface area contributed by atoms with Crippen molar-refractivity contribution < 1.29 is 13.2 Å². The fourth-order valence-electron chi connectivity index (χ4n) is 1.87. The zero-order valence-electron chi connectivity index (χ0n) is 11.4. The Morgan fingerprint density at radius 3 is 2.67 bits per heavy atom. The van der Waals surface area contributed by atoms with Crippen LogP contribution in [0, 0.1) is 0 Å². The zero-order valence-corrected chi connectivity index (χ0v) is 12.1. The lowest BCUT2D eigenvalue weighted by Crippen LogP contribution is -2.11.